The second-order valence-corrected chi connectivity index (χ2v) is 7.95. The fraction of sp³-hybridized carbons (Fsp3) is 0.308. The second kappa shape index (κ2) is 9.21. The second-order valence-electron chi connectivity index (χ2n) is 7.95. The van der Waals surface area contributed by atoms with Crippen LogP contribution in [0.3, 0.4) is 0 Å². The number of nitrogens with zero attached hydrogens (tertiary/aromatic N) is 1. The molecule has 0 saturated heterocycles. The number of esters is 1. The Kier molecular flexibility index (Phi) is 6.64. The van der Waals surface area contributed by atoms with Crippen molar-refractivity contribution >= 4 is 17.6 Å². The van der Waals surface area contributed by atoms with Crippen molar-refractivity contribution < 1.29 is 14.3 Å². The molecule has 0 radical (unpaired) electrons. The van der Waals surface area contributed by atoms with Gasteiger partial charge in [0.05, 0.1) is 12.2 Å². The lowest BCUT2D eigenvalue weighted by Crippen LogP contribution is -2.16. The van der Waals surface area contributed by atoms with E-state index in [2.05, 4.69) is 5.32 Å². The zero-order valence-electron chi connectivity index (χ0n) is 19.1. The van der Waals surface area contributed by atoms with Gasteiger partial charge in [-0.05, 0) is 63.8 Å². The van der Waals surface area contributed by atoms with E-state index in [0.29, 0.717) is 23.4 Å². The van der Waals surface area contributed by atoms with Crippen LogP contribution >= 0.6 is 0 Å². The van der Waals surface area contributed by atoms with Crippen molar-refractivity contribution in [2.75, 3.05) is 11.9 Å². The lowest BCUT2D eigenvalue weighted by Gasteiger charge is -2.14. The van der Waals surface area contributed by atoms with Gasteiger partial charge in [-0.3, -0.25) is 4.79 Å². The van der Waals surface area contributed by atoms with Gasteiger partial charge in [0.15, 0.2) is 0 Å². The summed E-state index contributed by atoms with van der Waals surface area (Å²) in [5.41, 5.74) is 7.33. The summed E-state index contributed by atoms with van der Waals surface area (Å²) in [5, 5.41) is 3.07. The summed E-state index contributed by atoms with van der Waals surface area (Å²) in [6.07, 6.45) is 0. The van der Waals surface area contributed by atoms with E-state index in [-0.39, 0.29) is 12.5 Å². The highest BCUT2D eigenvalue weighted by Gasteiger charge is 2.27. The third kappa shape index (κ3) is 4.55. The molecule has 0 aliphatic heterocycles. The molecule has 1 heterocycles. The summed E-state index contributed by atoms with van der Waals surface area (Å²) >= 11 is 0. The molecular weight excluding hydrogens is 388 g/mol. The number of nitrogens with one attached hydrogen (secondary N) is 1. The Hall–Kier alpha value is -3.34. The number of hydrogen-bond acceptors (Lipinski definition) is 3. The van der Waals surface area contributed by atoms with Crippen LogP contribution in [0.25, 0.3) is 0 Å². The van der Waals surface area contributed by atoms with Crippen LogP contribution in [0.4, 0.5) is 5.69 Å². The average molecular weight is 419 g/mol. The van der Waals surface area contributed by atoms with E-state index in [9.17, 15) is 9.59 Å². The Morgan fingerprint density at radius 1 is 0.968 bits per heavy atom. The van der Waals surface area contributed by atoms with Gasteiger partial charge < -0.3 is 14.6 Å². The van der Waals surface area contributed by atoms with Crippen molar-refractivity contribution in [3.63, 3.8) is 0 Å². The van der Waals surface area contributed by atoms with Gasteiger partial charge in [-0.25, -0.2) is 4.79 Å². The van der Waals surface area contributed by atoms with Gasteiger partial charge in [-0.1, -0.05) is 48.0 Å². The molecule has 1 amide bonds. The van der Waals surface area contributed by atoms with Crippen LogP contribution in [0, 0.1) is 34.6 Å². The Bertz CT molecular complexity index is 1100. The van der Waals surface area contributed by atoms with E-state index in [1.807, 2.05) is 81.7 Å². The maximum atomic E-state index is 13.4. The van der Waals surface area contributed by atoms with E-state index in [4.69, 9.17) is 4.74 Å². The first-order valence-electron chi connectivity index (χ1n) is 10.5. The summed E-state index contributed by atoms with van der Waals surface area (Å²) in [6, 6.07) is 14.0. The number of hydrogen-bond donors (Lipinski definition) is 1. The van der Waals surface area contributed by atoms with Crippen molar-refractivity contribution in [1.29, 1.82) is 0 Å². The lowest BCUT2D eigenvalue weighted by atomic mass is 10.0. The van der Waals surface area contributed by atoms with Crippen LogP contribution in [-0.4, -0.2) is 23.1 Å². The number of carbonyl (C=O) groups excluding carboxylic acids is 2. The first-order chi connectivity index (χ1) is 14.7. The molecule has 5 nitrogen and oxygen atoms in total. The minimum absolute atomic E-state index is 0.220. The normalized spacial score (nSPS) is 10.8. The van der Waals surface area contributed by atoms with Crippen LogP contribution in [0.1, 0.15) is 61.3 Å². The van der Waals surface area contributed by atoms with Crippen molar-refractivity contribution in [3.8, 4) is 0 Å². The Balaban J connectivity index is 2.07. The van der Waals surface area contributed by atoms with E-state index in [0.717, 1.165) is 33.6 Å². The fourth-order valence-electron chi connectivity index (χ4n) is 4.21. The summed E-state index contributed by atoms with van der Waals surface area (Å²) in [5.74, 6) is -0.636. The van der Waals surface area contributed by atoms with Crippen LogP contribution in [0.2, 0.25) is 0 Å². The summed E-state index contributed by atoms with van der Waals surface area (Å²) in [6.45, 7) is 12.2. The number of ether oxygens (including phenoxy) is 1. The van der Waals surface area contributed by atoms with Crippen LogP contribution in [0.5, 0.6) is 0 Å². The summed E-state index contributed by atoms with van der Waals surface area (Å²) in [7, 11) is 0. The predicted octanol–water partition coefficient (Wildman–Crippen LogP) is 5.51. The molecule has 0 saturated carbocycles. The molecule has 31 heavy (non-hydrogen) atoms. The monoisotopic (exact) mass is 418 g/mol. The molecule has 0 aliphatic rings. The largest absolute Gasteiger partial charge is 0.461 e. The number of carbonyl (C=O) groups is 2. The number of amides is 1. The van der Waals surface area contributed by atoms with Gasteiger partial charge in [-0.2, -0.15) is 0 Å². The van der Waals surface area contributed by atoms with Gasteiger partial charge in [0.1, 0.15) is 5.69 Å². The van der Waals surface area contributed by atoms with E-state index >= 15 is 0 Å². The smallest absolute Gasteiger partial charge is 0.355 e. The number of aryl methyl sites for hydroxylation is 3. The van der Waals surface area contributed by atoms with Gasteiger partial charge in [0.2, 0.25) is 0 Å². The lowest BCUT2D eigenvalue weighted by molar-refractivity contribution is 0.0513. The first kappa shape index (κ1) is 22.3. The average Bonchev–Trinajstić information content (AvgIpc) is 2.95. The maximum absolute atomic E-state index is 13.4. The highest BCUT2D eigenvalue weighted by Crippen LogP contribution is 2.28. The number of rotatable bonds is 6. The Morgan fingerprint density at radius 3 is 2.16 bits per heavy atom. The van der Waals surface area contributed by atoms with Crippen molar-refractivity contribution in [1.82, 2.24) is 4.57 Å². The quantitative estimate of drug-likeness (QED) is 0.537. The molecule has 0 aliphatic carbocycles. The standard InChI is InChI=1S/C26H30N2O3/c1-7-31-26(30)24-19(5)22(20(6)28(24)15-21-11-9-8-10-12-21)25(29)27-23-17(3)13-16(2)14-18(23)4/h8-14H,7,15H2,1-6H3,(H,27,29). The molecule has 0 atom stereocenters. The predicted molar refractivity (Wildman–Crippen MR) is 124 cm³/mol. The van der Waals surface area contributed by atoms with E-state index in [1.54, 1.807) is 6.92 Å². The topological polar surface area (TPSA) is 60.3 Å². The third-order valence-electron chi connectivity index (χ3n) is 5.56. The molecule has 1 N–H and O–H groups in total. The number of aromatic nitrogens is 1. The maximum Gasteiger partial charge on any atom is 0.355 e. The molecule has 3 rings (SSSR count). The Morgan fingerprint density at radius 2 is 1.58 bits per heavy atom. The molecule has 0 fully saturated rings. The molecule has 3 aromatic rings. The molecule has 0 spiro atoms. The van der Waals surface area contributed by atoms with Gasteiger partial charge in [-0.15, -0.1) is 0 Å². The molecule has 0 unspecified atom stereocenters. The fourth-order valence-corrected chi connectivity index (χ4v) is 4.21. The van der Waals surface area contributed by atoms with Crippen molar-refractivity contribution in [2.24, 2.45) is 0 Å². The molecular formula is C26H30N2O3. The first-order valence-corrected chi connectivity index (χ1v) is 10.5. The highest BCUT2D eigenvalue weighted by atomic mass is 16.5. The van der Waals surface area contributed by atoms with Crippen LogP contribution in [0.15, 0.2) is 42.5 Å². The van der Waals surface area contributed by atoms with Crippen molar-refractivity contribution in [3.05, 3.63) is 87.2 Å². The van der Waals surface area contributed by atoms with Gasteiger partial charge >= 0.3 is 5.97 Å². The van der Waals surface area contributed by atoms with E-state index in [1.165, 1.54) is 0 Å². The molecule has 0 bridgehead atoms. The molecule has 5 heteroatoms. The number of benzene rings is 2. The van der Waals surface area contributed by atoms with Crippen molar-refractivity contribution in [2.45, 2.75) is 48.1 Å². The van der Waals surface area contributed by atoms with Crippen LogP contribution in [-0.2, 0) is 11.3 Å². The third-order valence-corrected chi connectivity index (χ3v) is 5.56. The zero-order chi connectivity index (χ0) is 22.7. The minimum Gasteiger partial charge on any atom is -0.461 e. The SMILES string of the molecule is CCOC(=O)c1c(C)c(C(=O)Nc2c(C)cc(C)cc2C)c(C)n1Cc1ccccc1. The zero-order valence-corrected chi connectivity index (χ0v) is 19.1. The van der Waals surface area contributed by atoms with Gasteiger partial charge in [0, 0.05) is 17.9 Å². The molecule has 2 aromatic carbocycles. The van der Waals surface area contributed by atoms with Crippen LogP contribution < -0.4 is 5.32 Å². The van der Waals surface area contributed by atoms with Gasteiger partial charge in [0.25, 0.3) is 5.91 Å². The summed E-state index contributed by atoms with van der Waals surface area (Å²) in [4.78, 5) is 26.2. The Labute approximate surface area is 184 Å². The molecule has 162 valence electrons. The molecule has 1 aromatic heterocycles. The highest BCUT2D eigenvalue weighted by molar-refractivity contribution is 6.09. The van der Waals surface area contributed by atoms with E-state index < -0.39 is 5.97 Å². The minimum atomic E-state index is -0.416. The summed E-state index contributed by atoms with van der Waals surface area (Å²) < 4.78 is 7.19. The number of anilines is 1.